The van der Waals surface area contributed by atoms with Crippen molar-refractivity contribution in [3.8, 4) is 0 Å². The molecular weight excluding hydrogens is 290 g/mol. The maximum atomic E-state index is 12.6. The summed E-state index contributed by atoms with van der Waals surface area (Å²) in [5.41, 5.74) is 4.54. The Kier molecular flexibility index (Phi) is 4.50. The number of carbonyl (C=O) groups is 1. The first-order chi connectivity index (χ1) is 11.1. The SMILES string of the molecule is Cc1nn(C)c(C)c1CCC(=O)N1CCCC(c2ccn[nH]2)C1. The maximum absolute atomic E-state index is 12.6. The van der Waals surface area contributed by atoms with E-state index in [0.717, 1.165) is 49.4 Å². The van der Waals surface area contributed by atoms with Gasteiger partial charge in [-0.1, -0.05) is 0 Å². The smallest absolute Gasteiger partial charge is 0.222 e. The highest BCUT2D eigenvalue weighted by molar-refractivity contribution is 5.76. The van der Waals surface area contributed by atoms with Gasteiger partial charge in [-0.25, -0.2) is 0 Å². The van der Waals surface area contributed by atoms with Crippen LogP contribution in [0, 0.1) is 13.8 Å². The molecule has 1 unspecified atom stereocenters. The van der Waals surface area contributed by atoms with Crippen molar-refractivity contribution < 1.29 is 4.79 Å². The molecule has 1 fully saturated rings. The van der Waals surface area contributed by atoms with Crippen LogP contribution in [-0.4, -0.2) is 43.9 Å². The molecule has 0 aromatic carbocycles. The Morgan fingerprint density at radius 1 is 1.43 bits per heavy atom. The van der Waals surface area contributed by atoms with E-state index in [9.17, 15) is 4.79 Å². The van der Waals surface area contributed by atoms with Gasteiger partial charge in [0, 0.05) is 50.1 Å². The molecule has 0 saturated carbocycles. The molecule has 23 heavy (non-hydrogen) atoms. The van der Waals surface area contributed by atoms with Gasteiger partial charge < -0.3 is 4.90 Å². The molecule has 3 heterocycles. The quantitative estimate of drug-likeness (QED) is 0.939. The van der Waals surface area contributed by atoms with E-state index in [1.807, 2.05) is 29.6 Å². The van der Waals surface area contributed by atoms with E-state index in [1.54, 1.807) is 6.20 Å². The third kappa shape index (κ3) is 3.30. The molecule has 6 nitrogen and oxygen atoms in total. The van der Waals surface area contributed by atoms with Crippen molar-refractivity contribution in [1.82, 2.24) is 24.9 Å². The number of carbonyl (C=O) groups excluding carboxylic acids is 1. The Hall–Kier alpha value is -2.11. The van der Waals surface area contributed by atoms with Gasteiger partial charge in [0.2, 0.25) is 5.91 Å². The van der Waals surface area contributed by atoms with Gasteiger partial charge in [-0.2, -0.15) is 10.2 Å². The largest absolute Gasteiger partial charge is 0.342 e. The molecule has 0 bridgehead atoms. The molecular formula is C17H25N5O. The first-order valence-electron chi connectivity index (χ1n) is 8.32. The summed E-state index contributed by atoms with van der Waals surface area (Å²) in [5.74, 6) is 0.633. The topological polar surface area (TPSA) is 66.8 Å². The summed E-state index contributed by atoms with van der Waals surface area (Å²) in [5, 5.41) is 11.5. The maximum Gasteiger partial charge on any atom is 0.222 e. The predicted molar refractivity (Wildman–Crippen MR) is 88.1 cm³/mol. The van der Waals surface area contributed by atoms with Crippen LogP contribution in [0.3, 0.4) is 0 Å². The highest BCUT2D eigenvalue weighted by Gasteiger charge is 2.25. The first-order valence-corrected chi connectivity index (χ1v) is 8.32. The summed E-state index contributed by atoms with van der Waals surface area (Å²) in [6.07, 6.45) is 5.29. The van der Waals surface area contributed by atoms with E-state index in [0.29, 0.717) is 12.3 Å². The number of H-pyrrole nitrogens is 1. The summed E-state index contributed by atoms with van der Waals surface area (Å²) in [6.45, 7) is 5.75. The van der Waals surface area contributed by atoms with Gasteiger partial charge in [-0.3, -0.25) is 14.6 Å². The van der Waals surface area contributed by atoms with Crippen LogP contribution >= 0.6 is 0 Å². The highest BCUT2D eigenvalue weighted by atomic mass is 16.2. The third-order valence-corrected chi connectivity index (χ3v) is 4.98. The fourth-order valence-electron chi connectivity index (χ4n) is 3.52. The van der Waals surface area contributed by atoms with Crippen LogP contribution in [0.2, 0.25) is 0 Å². The number of amides is 1. The molecule has 2 aromatic heterocycles. The number of likely N-dealkylation sites (tertiary alicyclic amines) is 1. The van der Waals surface area contributed by atoms with Crippen molar-refractivity contribution in [1.29, 1.82) is 0 Å². The van der Waals surface area contributed by atoms with Crippen molar-refractivity contribution in [3.05, 3.63) is 34.9 Å². The third-order valence-electron chi connectivity index (χ3n) is 4.98. The summed E-state index contributed by atoms with van der Waals surface area (Å²) in [4.78, 5) is 14.6. The van der Waals surface area contributed by atoms with Crippen LogP contribution in [0.15, 0.2) is 12.3 Å². The fourth-order valence-corrected chi connectivity index (χ4v) is 3.52. The number of aromatic amines is 1. The Morgan fingerprint density at radius 2 is 2.26 bits per heavy atom. The predicted octanol–water partition coefficient (Wildman–Crippen LogP) is 2.10. The number of aromatic nitrogens is 4. The number of nitrogens with zero attached hydrogens (tertiary/aromatic N) is 4. The molecule has 0 spiro atoms. The second kappa shape index (κ2) is 6.56. The van der Waals surface area contributed by atoms with E-state index in [-0.39, 0.29) is 5.91 Å². The Bertz CT molecular complexity index is 673. The summed E-state index contributed by atoms with van der Waals surface area (Å²) >= 11 is 0. The van der Waals surface area contributed by atoms with Crippen molar-refractivity contribution in [2.45, 2.75) is 45.4 Å². The standard InChI is InChI=1S/C17H25N5O/c1-12-15(13(2)21(3)20-12)6-7-17(23)22-10-4-5-14(11-22)16-8-9-18-19-16/h8-9,14H,4-7,10-11H2,1-3H3,(H,18,19). The monoisotopic (exact) mass is 315 g/mol. The van der Waals surface area contributed by atoms with Gasteiger partial charge in [0.05, 0.1) is 5.69 Å². The second-order valence-electron chi connectivity index (χ2n) is 6.46. The van der Waals surface area contributed by atoms with Crippen LogP contribution in [0.4, 0.5) is 0 Å². The molecule has 1 atom stereocenters. The van der Waals surface area contributed by atoms with E-state index >= 15 is 0 Å². The van der Waals surface area contributed by atoms with Crippen LogP contribution in [0.5, 0.6) is 0 Å². The lowest BCUT2D eigenvalue weighted by Gasteiger charge is -2.32. The summed E-state index contributed by atoms with van der Waals surface area (Å²) in [7, 11) is 1.95. The van der Waals surface area contributed by atoms with Gasteiger partial charge in [-0.15, -0.1) is 0 Å². The van der Waals surface area contributed by atoms with Gasteiger partial charge in [0.15, 0.2) is 0 Å². The van der Waals surface area contributed by atoms with Gasteiger partial charge >= 0.3 is 0 Å². The van der Waals surface area contributed by atoms with Crippen LogP contribution < -0.4 is 0 Å². The minimum atomic E-state index is 0.247. The molecule has 3 rings (SSSR count). The minimum absolute atomic E-state index is 0.247. The number of piperidine rings is 1. The van der Waals surface area contributed by atoms with Crippen LogP contribution in [0.1, 0.15) is 47.8 Å². The molecule has 2 aromatic rings. The normalized spacial score (nSPS) is 18.4. The highest BCUT2D eigenvalue weighted by Crippen LogP contribution is 2.26. The van der Waals surface area contributed by atoms with Crippen molar-refractivity contribution in [3.63, 3.8) is 0 Å². The fraction of sp³-hybridized carbons (Fsp3) is 0.588. The second-order valence-corrected chi connectivity index (χ2v) is 6.46. The number of hydrogen-bond acceptors (Lipinski definition) is 3. The van der Waals surface area contributed by atoms with E-state index in [2.05, 4.69) is 22.2 Å². The molecule has 1 aliphatic heterocycles. The molecule has 0 aliphatic carbocycles. The van der Waals surface area contributed by atoms with Gasteiger partial charge in [-0.05, 0) is 44.7 Å². The Morgan fingerprint density at radius 3 is 2.91 bits per heavy atom. The molecule has 1 amide bonds. The zero-order valence-corrected chi connectivity index (χ0v) is 14.2. The Balaban J connectivity index is 1.59. The molecule has 1 saturated heterocycles. The zero-order valence-electron chi connectivity index (χ0n) is 14.2. The number of nitrogens with one attached hydrogen (secondary N) is 1. The average molecular weight is 315 g/mol. The molecule has 0 radical (unpaired) electrons. The van der Waals surface area contributed by atoms with Crippen LogP contribution in [0.25, 0.3) is 0 Å². The summed E-state index contributed by atoms with van der Waals surface area (Å²) < 4.78 is 1.89. The van der Waals surface area contributed by atoms with Gasteiger partial charge in [0.1, 0.15) is 0 Å². The van der Waals surface area contributed by atoms with Crippen LogP contribution in [-0.2, 0) is 18.3 Å². The van der Waals surface area contributed by atoms with Crippen molar-refractivity contribution in [2.24, 2.45) is 7.05 Å². The molecule has 1 aliphatic rings. The lowest BCUT2D eigenvalue weighted by Crippen LogP contribution is -2.39. The van der Waals surface area contributed by atoms with E-state index in [1.165, 1.54) is 5.56 Å². The van der Waals surface area contributed by atoms with Crippen molar-refractivity contribution in [2.75, 3.05) is 13.1 Å². The Labute approximate surface area is 136 Å². The van der Waals surface area contributed by atoms with E-state index in [4.69, 9.17) is 0 Å². The number of aryl methyl sites for hydroxylation is 2. The minimum Gasteiger partial charge on any atom is -0.342 e. The van der Waals surface area contributed by atoms with Gasteiger partial charge in [0.25, 0.3) is 0 Å². The van der Waals surface area contributed by atoms with Crippen molar-refractivity contribution >= 4 is 5.91 Å². The summed E-state index contributed by atoms with van der Waals surface area (Å²) in [6, 6.07) is 2.01. The average Bonchev–Trinajstić information content (AvgIpc) is 3.16. The molecule has 1 N–H and O–H groups in total. The number of rotatable bonds is 4. The molecule has 6 heteroatoms. The lowest BCUT2D eigenvalue weighted by molar-refractivity contribution is -0.132. The molecule has 124 valence electrons. The lowest BCUT2D eigenvalue weighted by atomic mass is 9.94. The zero-order chi connectivity index (χ0) is 16.4. The number of hydrogen-bond donors (Lipinski definition) is 1. The first kappa shape index (κ1) is 15.8. The van der Waals surface area contributed by atoms with E-state index < -0.39 is 0 Å².